The van der Waals surface area contributed by atoms with Crippen molar-refractivity contribution >= 4 is 17.6 Å². The van der Waals surface area contributed by atoms with Crippen LogP contribution in [0.2, 0.25) is 0 Å². The Morgan fingerprint density at radius 1 is 1.24 bits per heavy atom. The molecule has 0 N–H and O–H groups in total. The van der Waals surface area contributed by atoms with E-state index in [0.29, 0.717) is 0 Å². The van der Waals surface area contributed by atoms with Crippen molar-refractivity contribution in [1.29, 1.82) is 0 Å². The second kappa shape index (κ2) is 5.01. The van der Waals surface area contributed by atoms with Crippen LogP contribution in [-0.4, -0.2) is 35.2 Å². The topological polar surface area (TPSA) is 102 Å². The first-order valence-corrected chi connectivity index (χ1v) is 4.56. The highest BCUT2D eigenvalue weighted by Gasteiger charge is 2.18. The minimum Gasteiger partial charge on any atom is -0.303 e. The fourth-order valence-corrected chi connectivity index (χ4v) is 1.09. The summed E-state index contributed by atoms with van der Waals surface area (Å²) >= 11 is 0. The molecule has 8 heteroatoms. The zero-order valence-corrected chi connectivity index (χ0v) is 9.23. The summed E-state index contributed by atoms with van der Waals surface area (Å²) in [5.41, 5.74) is -0.446. The third-order valence-electron chi connectivity index (χ3n) is 1.85. The summed E-state index contributed by atoms with van der Waals surface area (Å²) in [6.45, 7) is 0. The molecule has 1 rings (SSSR count). The lowest BCUT2D eigenvalue weighted by atomic mass is 10.2. The minimum atomic E-state index is -0.681. The number of hydrazone groups is 1. The zero-order valence-electron chi connectivity index (χ0n) is 9.23. The lowest BCUT2D eigenvalue weighted by Crippen LogP contribution is -2.03. The van der Waals surface area contributed by atoms with Crippen molar-refractivity contribution in [2.75, 3.05) is 14.1 Å². The van der Waals surface area contributed by atoms with Crippen LogP contribution in [0, 0.1) is 20.2 Å². The quantitative estimate of drug-likeness (QED) is 0.448. The number of non-ortho nitro benzene ring substituents is 1. The third-order valence-corrected chi connectivity index (χ3v) is 1.85. The van der Waals surface area contributed by atoms with Crippen LogP contribution < -0.4 is 0 Å². The van der Waals surface area contributed by atoms with E-state index in [2.05, 4.69) is 5.10 Å². The highest BCUT2D eigenvalue weighted by molar-refractivity contribution is 5.85. The van der Waals surface area contributed by atoms with Gasteiger partial charge in [-0.25, -0.2) is 0 Å². The Morgan fingerprint density at radius 3 is 2.35 bits per heavy atom. The van der Waals surface area contributed by atoms with E-state index in [1.54, 1.807) is 14.1 Å². The monoisotopic (exact) mass is 238 g/mol. The standard InChI is InChI=1S/C9H10N4O4/c1-11(2)10-6-7-3-4-8(12(14)15)5-9(7)13(16)17/h3-6H,1-2H3. The number of benzene rings is 1. The molecule has 0 aliphatic rings. The molecule has 0 aromatic heterocycles. The second-order valence-electron chi connectivity index (χ2n) is 3.35. The number of nitro benzene ring substituents is 2. The number of nitrogens with zero attached hydrogens (tertiary/aromatic N) is 4. The van der Waals surface area contributed by atoms with Gasteiger partial charge in [0.25, 0.3) is 11.4 Å². The minimum absolute atomic E-state index is 0.217. The molecule has 0 saturated heterocycles. The number of hydrogen-bond donors (Lipinski definition) is 0. The van der Waals surface area contributed by atoms with Crippen molar-refractivity contribution in [3.63, 3.8) is 0 Å². The first-order valence-electron chi connectivity index (χ1n) is 4.56. The van der Waals surface area contributed by atoms with Crippen LogP contribution in [0.3, 0.4) is 0 Å². The van der Waals surface area contributed by atoms with Gasteiger partial charge in [-0.2, -0.15) is 5.10 Å². The first-order chi connectivity index (χ1) is 7.91. The molecule has 0 fully saturated rings. The van der Waals surface area contributed by atoms with Crippen molar-refractivity contribution in [3.8, 4) is 0 Å². The maximum atomic E-state index is 10.7. The van der Waals surface area contributed by atoms with Gasteiger partial charge in [-0.3, -0.25) is 20.2 Å². The van der Waals surface area contributed by atoms with E-state index in [1.807, 2.05) is 0 Å². The molecular weight excluding hydrogens is 228 g/mol. The van der Waals surface area contributed by atoms with Crippen LogP contribution in [-0.2, 0) is 0 Å². The molecular formula is C9H10N4O4. The molecule has 0 heterocycles. The third kappa shape index (κ3) is 3.23. The predicted molar refractivity (Wildman–Crippen MR) is 61.0 cm³/mol. The first kappa shape index (κ1) is 12.6. The summed E-state index contributed by atoms with van der Waals surface area (Å²) in [7, 11) is 3.32. The van der Waals surface area contributed by atoms with Gasteiger partial charge in [-0.05, 0) is 6.07 Å². The van der Waals surface area contributed by atoms with E-state index >= 15 is 0 Å². The van der Waals surface area contributed by atoms with E-state index in [-0.39, 0.29) is 16.9 Å². The Bertz CT molecular complexity index is 484. The summed E-state index contributed by atoms with van der Waals surface area (Å²) in [4.78, 5) is 19.9. The van der Waals surface area contributed by atoms with Gasteiger partial charge in [-0.15, -0.1) is 0 Å². The predicted octanol–water partition coefficient (Wildman–Crippen LogP) is 1.40. The molecule has 0 unspecified atom stereocenters. The molecule has 90 valence electrons. The van der Waals surface area contributed by atoms with Gasteiger partial charge in [0, 0.05) is 20.2 Å². The molecule has 0 aliphatic carbocycles. The normalized spacial score (nSPS) is 10.5. The van der Waals surface area contributed by atoms with Crippen LogP contribution in [0.4, 0.5) is 11.4 Å². The van der Waals surface area contributed by atoms with E-state index in [1.165, 1.54) is 23.4 Å². The van der Waals surface area contributed by atoms with Gasteiger partial charge in [0.15, 0.2) is 0 Å². The van der Waals surface area contributed by atoms with Crippen LogP contribution in [0.25, 0.3) is 0 Å². The summed E-state index contributed by atoms with van der Waals surface area (Å²) in [6, 6.07) is 3.41. The average Bonchev–Trinajstić information content (AvgIpc) is 2.25. The van der Waals surface area contributed by atoms with Crippen LogP contribution in [0.1, 0.15) is 5.56 Å². The zero-order chi connectivity index (χ0) is 13.0. The Morgan fingerprint density at radius 2 is 1.88 bits per heavy atom. The molecule has 0 saturated carbocycles. The molecule has 0 spiro atoms. The second-order valence-corrected chi connectivity index (χ2v) is 3.35. The summed E-state index contributed by atoms with van der Waals surface area (Å²) in [5, 5.41) is 26.6. The fraction of sp³-hybridized carbons (Fsp3) is 0.222. The average molecular weight is 238 g/mol. The Balaban J connectivity index is 3.22. The van der Waals surface area contributed by atoms with Crippen molar-refractivity contribution in [2.45, 2.75) is 0 Å². The molecule has 8 nitrogen and oxygen atoms in total. The van der Waals surface area contributed by atoms with E-state index < -0.39 is 9.85 Å². The molecule has 0 aliphatic heterocycles. The lowest BCUT2D eigenvalue weighted by molar-refractivity contribution is -0.394. The number of rotatable bonds is 4. The fourth-order valence-electron chi connectivity index (χ4n) is 1.09. The van der Waals surface area contributed by atoms with Gasteiger partial charge >= 0.3 is 0 Å². The van der Waals surface area contributed by atoms with Crippen molar-refractivity contribution in [2.24, 2.45) is 5.10 Å². The van der Waals surface area contributed by atoms with Crippen molar-refractivity contribution in [1.82, 2.24) is 5.01 Å². The summed E-state index contributed by atoms with van der Waals surface area (Å²) in [5.74, 6) is 0. The highest BCUT2D eigenvalue weighted by Crippen LogP contribution is 2.23. The summed E-state index contributed by atoms with van der Waals surface area (Å²) in [6.07, 6.45) is 1.28. The number of nitro groups is 2. The lowest BCUT2D eigenvalue weighted by Gasteiger charge is -2.02. The smallest absolute Gasteiger partial charge is 0.285 e. The molecule has 0 bridgehead atoms. The Hall–Kier alpha value is -2.51. The largest absolute Gasteiger partial charge is 0.303 e. The van der Waals surface area contributed by atoms with E-state index in [4.69, 9.17) is 0 Å². The van der Waals surface area contributed by atoms with Gasteiger partial charge < -0.3 is 5.01 Å². The maximum absolute atomic E-state index is 10.7. The molecule has 0 atom stereocenters. The van der Waals surface area contributed by atoms with Crippen LogP contribution >= 0.6 is 0 Å². The summed E-state index contributed by atoms with van der Waals surface area (Å²) < 4.78 is 0. The van der Waals surface area contributed by atoms with Crippen molar-refractivity contribution < 1.29 is 9.85 Å². The molecule has 0 radical (unpaired) electrons. The van der Waals surface area contributed by atoms with E-state index in [0.717, 1.165) is 6.07 Å². The number of hydrogen-bond acceptors (Lipinski definition) is 6. The molecule has 1 aromatic carbocycles. The van der Waals surface area contributed by atoms with Crippen LogP contribution in [0.15, 0.2) is 23.3 Å². The van der Waals surface area contributed by atoms with E-state index in [9.17, 15) is 20.2 Å². The molecule has 0 amide bonds. The highest BCUT2D eigenvalue weighted by atomic mass is 16.6. The van der Waals surface area contributed by atoms with Gasteiger partial charge in [0.1, 0.15) is 0 Å². The van der Waals surface area contributed by atoms with Gasteiger partial charge in [0.05, 0.1) is 27.7 Å². The maximum Gasteiger partial charge on any atom is 0.285 e. The molecule has 17 heavy (non-hydrogen) atoms. The van der Waals surface area contributed by atoms with Crippen LogP contribution in [0.5, 0.6) is 0 Å². The SMILES string of the molecule is CN(C)N=Cc1ccc([N+](=O)[O-])cc1[N+](=O)[O-]. The van der Waals surface area contributed by atoms with Gasteiger partial charge in [0.2, 0.25) is 0 Å². The van der Waals surface area contributed by atoms with Crippen molar-refractivity contribution in [3.05, 3.63) is 44.0 Å². The Labute approximate surface area is 96.5 Å². The van der Waals surface area contributed by atoms with Gasteiger partial charge in [-0.1, -0.05) is 0 Å². The Kier molecular flexibility index (Phi) is 3.70. The molecule has 1 aromatic rings.